The van der Waals surface area contributed by atoms with Gasteiger partial charge in [0.1, 0.15) is 7.85 Å². The highest BCUT2D eigenvalue weighted by Crippen LogP contribution is 2.49. The molecule has 0 rings (SSSR count). The third-order valence-electron chi connectivity index (χ3n) is 4.72. The molecule has 0 aliphatic carbocycles. The summed E-state index contributed by atoms with van der Waals surface area (Å²) in [6.07, 6.45) is 12.6. The van der Waals surface area contributed by atoms with E-state index < -0.39 is 0 Å². The minimum Gasteiger partial charge on any atom is -0.0667 e. The molecule has 0 aliphatic heterocycles. The lowest BCUT2D eigenvalue weighted by molar-refractivity contribution is 0.184. The molecule has 0 fully saturated rings. The fraction of sp³-hybridized carbons (Fsp3) is 1.00. The van der Waals surface area contributed by atoms with Crippen LogP contribution in [0.2, 0.25) is 5.31 Å². The van der Waals surface area contributed by atoms with Crippen LogP contribution in [0.15, 0.2) is 0 Å². The second-order valence-corrected chi connectivity index (χ2v) is 7.08. The molecule has 1 heteroatoms. The summed E-state index contributed by atoms with van der Waals surface area (Å²) in [7, 11) is 2.43. The first-order valence-electron chi connectivity index (χ1n) is 7.87. The van der Waals surface area contributed by atoms with Crippen LogP contribution in [0.4, 0.5) is 0 Å². The van der Waals surface area contributed by atoms with Crippen LogP contribution in [0.3, 0.4) is 0 Å². The van der Waals surface area contributed by atoms with Gasteiger partial charge < -0.3 is 0 Å². The molecule has 0 aliphatic rings. The van der Waals surface area contributed by atoms with Gasteiger partial charge >= 0.3 is 0 Å². The lowest BCUT2D eigenvalue weighted by Crippen LogP contribution is -2.30. The summed E-state index contributed by atoms with van der Waals surface area (Å²) >= 11 is 0. The van der Waals surface area contributed by atoms with Gasteiger partial charge in [-0.25, -0.2) is 0 Å². The van der Waals surface area contributed by atoms with Gasteiger partial charge in [0, 0.05) is 0 Å². The Bertz CT molecular complexity index is 180. The van der Waals surface area contributed by atoms with Crippen molar-refractivity contribution in [3.05, 3.63) is 0 Å². The molecule has 0 aromatic rings. The first-order valence-corrected chi connectivity index (χ1v) is 7.87. The van der Waals surface area contributed by atoms with E-state index in [4.69, 9.17) is 0 Å². The topological polar surface area (TPSA) is 0 Å². The number of hydrogen-bond acceptors (Lipinski definition) is 0. The van der Waals surface area contributed by atoms with E-state index in [1.807, 2.05) is 0 Å². The van der Waals surface area contributed by atoms with E-state index in [0.29, 0.717) is 10.7 Å². The molecule has 0 nitrogen and oxygen atoms in total. The summed E-state index contributed by atoms with van der Waals surface area (Å²) in [5.41, 5.74) is 0.537. The van der Waals surface area contributed by atoms with Crippen LogP contribution in [0, 0.1) is 5.41 Å². The molecular formula is C16H35B. The Labute approximate surface area is 111 Å². The van der Waals surface area contributed by atoms with Gasteiger partial charge in [0.2, 0.25) is 0 Å². The fourth-order valence-electron chi connectivity index (χ4n) is 2.56. The Kier molecular flexibility index (Phi) is 8.25. The minimum atomic E-state index is 0.451. The number of hydrogen-bond donors (Lipinski definition) is 0. The molecule has 102 valence electrons. The Morgan fingerprint density at radius 2 is 1.18 bits per heavy atom. The van der Waals surface area contributed by atoms with Gasteiger partial charge in [-0.15, -0.1) is 0 Å². The summed E-state index contributed by atoms with van der Waals surface area (Å²) in [6.45, 7) is 12.0. The van der Waals surface area contributed by atoms with Gasteiger partial charge in [-0.05, 0) is 18.3 Å². The van der Waals surface area contributed by atoms with Crippen molar-refractivity contribution >= 4 is 7.85 Å². The molecule has 0 amide bonds. The molecule has 0 radical (unpaired) electrons. The standard InChI is InChI=1S/C16H35B/c1-6-8-10-11-12-14-16(5,13-9-7-2)15(3,4)17/h6-14,17H2,1-5H3. The quantitative estimate of drug-likeness (QED) is 0.354. The third-order valence-corrected chi connectivity index (χ3v) is 4.72. The van der Waals surface area contributed by atoms with E-state index in [0.717, 1.165) is 0 Å². The zero-order chi connectivity index (χ0) is 13.4. The monoisotopic (exact) mass is 238 g/mol. The summed E-state index contributed by atoms with van der Waals surface area (Å²) in [6, 6.07) is 0. The maximum Gasteiger partial charge on any atom is 0.109 e. The van der Waals surface area contributed by atoms with Crippen molar-refractivity contribution in [3.8, 4) is 0 Å². The second-order valence-electron chi connectivity index (χ2n) is 7.08. The zero-order valence-electron chi connectivity index (χ0n) is 13.4. The highest BCUT2D eigenvalue weighted by molar-refractivity contribution is 6.15. The molecule has 0 N–H and O–H groups in total. The predicted octanol–water partition coefficient (Wildman–Crippen LogP) is 5.38. The van der Waals surface area contributed by atoms with Crippen molar-refractivity contribution in [2.75, 3.05) is 0 Å². The maximum absolute atomic E-state index is 2.52. The molecule has 0 saturated heterocycles. The van der Waals surface area contributed by atoms with Crippen molar-refractivity contribution in [2.45, 2.75) is 97.7 Å². The molecule has 0 heterocycles. The zero-order valence-corrected chi connectivity index (χ0v) is 13.4. The van der Waals surface area contributed by atoms with Crippen molar-refractivity contribution in [1.29, 1.82) is 0 Å². The van der Waals surface area contributed by atoms with Gasteiger partial charge in [-0.2, -0.15) is 0 Å². The Morgan fingerprint density at radius 3 is 1.65 bits per heavy atom. The van der Waals surface area contributed by atoms with Crippen molar-refractivity contribution in [2.24, 2.45) is 5.41 Å². The Hall–Kier alpha value is 0.0649. The SMILES string of the molecule is BC(C)(C)C(C)(CCCC)CCCCCCC. The molecule has 1 atom stereocenters. The van der Waals surface area contributed by atoms with Crippen LogP contribution in [-0.2, 0) is 0 Å². The lowest BCUT2D eigenvalue weighted by atomic mass is 9.52. The van der Waals surface area contributed by atoms with Gasteiger partial charge in [-0.1, -0.05) is 84.9 Å². The smallest absolute Gasteiger partial charge is 0.0667 e. The average Bonchev–Trinajstić information content (AvgIpc) is 2.24. The summed E-state index contributed by atoms with van der Waals surface area (Å²) < 4.78 is 0. The second kappa shape index (κ2) is 8.22. The van der Waals surface area contributed by atoms with Crippen molar-refractivity contribution < 1.29 is 0 Å². The van der Waals surface area contributed by atoms with E-state index >= 15 is 0 Å². The van der Waals surface area contributed by atoms with Crippen LogP contribution in [0.1, 0.15) is 92.4 Å². The first kappa shape index (κ1) is 17.1. The molecule has 0 aromatic carbocycles. The van der Waals surface area contributed by atoms with E-state index in [1.165, 1.54) is 57.8 Å². The van der Waals surface area contributed by atoms with Crippen LogP contribution >= 0.6 is 0 Å². The van der Waals surface area contributed by atoms with Gasteiger partial charge in [-0.3, -0.25) is 0 Å². The van der Waals surface area contributed by atoms with Crippen molar-refractivity contribution in [1.82, 2.24) is 0 Å². The first-order chi connectivity index (χ1) is 7.87. The number of rotatable bonds is 10. The van der Waals surface area contributed by atoms with Crippen molar-refractivity contribution in [3.63, 3.8) is 0 Å². The highest BCUT2D eigenvalue weighted by atomic mass is 14.4. The average molecular weight is 238 g/mol. The normalized spacial score (nSPS) is 15.8. The highest BCUT2D eigenvalue weighted by Gasteiger charge is 2.35. The molecule has 0 bridgehead atoms. The van der Waals surface area contributed by atoms with Gasteiger partial charge in [0.15, 0.2) is 0 Å². The van der Waals surface area contributed by atoms with E-state index in [1.54, 1.807) is 0 Å². The molecule has 0 aromatic heterocycles. The lowest BCUT2D eigenvalue weighted by Gasteiger charge is -2.43. The summed E-state index contributed by atoms with van der Waals surface area (Å²) in [5, 5.41) is 0.451. The molecule has 1 unspecified atom stereocenters. The van der Waals surface area contributed by atoms with E-state index in [-0.39, 0.29) is 0 Å². The molecule has 17 heavy (non-hydrogen) atoms. The summed E-state index contributed by atoms with van der Waals surface area (Å²) in [4.78, 5) is 0. The van der Waals surface area contributed by atoms with Gasteiger partial charge in [0.25, 0.3) is 0 Å². The minimum absolute atomic E-state index is 0.451. The predicted molar refractivity (Wildman–Crippen MR) is 83.6 cm³/mol. The third kappa shape index (κ3) is 6.53. The van der Waals surface area contributed by atoms with Crippen LogP contribution < -0.4 is 0 Å². The van der Waals surface area contributed by atoms with Crippen LogP contribution in [0.5, 0.6) is 0 Å². The largest absolute Gasteiger partial charge is 0.109 e. The Morgan fingerprint density at radius 1 is 0.706 bits per heavy atom. The van der Waals surface area contributed by atoms with Crippen LogP contribution in [0.25, 0.3) is 0 Å². The molecule has 0 saturated carbocycles. The van der Waals surface area contributed by atoms with E-state index in [9.17, 15) is 0 Å². The van der Waals surface area contributed by atoms with E-state index in [2.05, 4.69) is 42.5 Å². The molecule has 0 spiro atoms. The fourth-order valence-corrected chi connectivity index (χ4v) is 2.56. The van der Waals surface area contributed by atoms with Gasteiger partial charge in [0.05, 0.1) is 0 Å². The number of unbranched alkanes of at least 4 members (excludes halogenated alkanes) is 5. The maximum atomic E-state index is 2.52. The summed E-state index contributed by atoms with van der Waals surface area (Å²) in [5.74, 6) is 0. The molecular weight excluding hydrogens is 203 g/mol. The van der Waals surface area contributed by atoms with Crippen LogP contribution in [-0.4, -0.2) is 7.85 Å². The Balaban J connectivity index is 4.11.